The molecule has 0 spiro atoms. The van der Waals surface area contributed by atoms with Crippen molar-refractivity contribution in [3.63, 3.8) is 0 Å². The van der Waals surface area contributed by atoms with Gasteiger partial charge in [0.2, 0.25) is 0 Å². The summed E-state index contributed by atoms with van der Waals surface area (Å²) in [6.07, 6.45) is 6.35. The number of halogens is 2. The molecule has 4 heteroatoms. The largest absolute Gasteiger partial charge is 0.324 e. The molecule has 0 radical (unpaired) electrons. The fraction of sp³-hybridized carbons (Fsp3) is 0.588. The number of fused-ring (bicyclic) bond motifs is 1. The number of nitrogens with zero attached hydrogens (tertiary/aromatic N) is 2. The van der Waals surface area contributed by atoms with E-state index in [2.05, 4.69) is 52.5 Å². The molecular weight excluding hydrogens is 348 g/mol. The van der Waals surface area contributed by atoms with Crippen LogP contribution in [0.15, 0.2) is 22.7 Å². The summed E-state index contributed by atoms with van der Waals surface area (Å²) < 4.78 is 3.38. The van der Waals surface area contributed by atoms with Gasteiger partial charge in [-0.1, -0.05) is 48.5 Å². The van der Waals surface area contributed by atoms with Crippen LogP contribution >= 0.6 is 27.5 Å². The van der Waals surface area contributed by atoms with E-state index in [1.165, 1.54) is 37.6 Å². The van der Waals surface area contributed by atoms with Crippen molar-refractivity contribution >= 4 is 38.6 Å². The molecule has 0 N–H and O–H groups in total. The van der Waals surface area contributed by atoms with Crippen LogP contribution in [0, 0.1) is 0 Å². The third kappa shape index (κ3) is 4.01. The van der Waals surface area contributed by atoms with E-state index in [1.54, 1.807) is 0 Å². The molecule has 2 aromatic rings. The van der Waals surface area contributed by atoms with Crippen LogP contribution in [0.2, 0.25) is 0 Å². The molecule has 21 heavy (non-hydrogen) atoms. The molecule has 2 atom stereocenters. The summed E-state index contributed by atoms with van der Waals surface area (Å²) in [7, 11) is 0. The highest BCUT2D eigenvalue weighted by atomic mass is 79.9. The van der Waals surface area contributed by atoms with Gasteiger partial charge in [-0.3, -0.25) is 0 Å². The lowest BCUT2D eigenvalue weighted by Gasteiger charge is -2.18. The zero-order valence-electron chi connectivity index (χ0n) is 13.1. The number of benzene rings is 1. The lowest BCUT2D eigenvalue weighted by Crippen LogP contribution is -2.10. The van der Waals surface area contributed by atoms with Gasteiger partial charge in [0, 0.05) is 10.5 Å². The molecule has 2 rings (SSSR count). The molecule has 0 aliphatic carbocycles. The van der Waals surface area contributed by atoms with Gasteiger partial charge in [-0.05, 0) is 38.5 Å². The van der Waals surface area contributed by atoms with Crippen LogP contribution in [-0.4, -0.2) is 9.55 Å². The summed E-state index contributed by atoms with van der Waals surface area (Å²) in [6.45, 7) is 6.52. The molecule has 0 fully saturated rings. The van der Waals surface area contributed by atoms with Crippen LogP contribution in [0.1, 0.15) is 70.1 Å². The van der Waals surface area contributed by atoms with Crippen molar-refractivity contribution in [1.82, 2.24) is 9.55 Å². The third-order valence-electron chi connectivity index (χ3n) is 3.95. The standard InChI is InChI=1S/C17H24BrClN2/c1-4-5-6-7-8-12(2)21-16-10-9-14(18)11-15(16)20-17(21)13(3)19/h9-13H,4-8H2,1-3H3. The van der Waals surface area contributed by atoms with Gasteiger partial charge in [0.25, 0.3) is 0 Å². The summed E-state index contributed by atoms with van der Waals surface area (Å²) in [6, 6.07) is 6.72. The Hall–Kier alpha value is -0.540. The Bertz CT molecular complexity index is 592. The lowest BCUT2D eigenvalue weighted by atomic mass is 10.1. The molecule has 0 aliphatic heterocycles. The second-order valence-corrected chi connectivity index (χ2v) is 7.36. The zero-order chi connectivity index (χ0) is 15.4. The van der Waals surface area contributed by atoms with Crippen LogP contribution in [0.5, 0.6) is 0 Å². The SMILES string of the molecule is CCCCCCC(C)n1c(C(C)Cl)nc2cc(Br)ccc21. The molecule has 0 saturated heterocycles. The number of hydrogen-bond donors (Lipinski definition) is 0. The van der Waals surface area contributed by atoms with E-state index in [0.717, 1.165) is 15.8 Å². The molecule has 116 valence electrons. The van der Waals surface area contributed by atoms with Gasteiger partial charge < -0.3 is 4.57 Å². The average Bonchev–Trinajstić information content (AvgIpc) is 2.82. The van der Waals surface area contributed by atoms with Crippen molar-refractivity contribution in [2.24, 2.45) is 0 Å². The molecule has 0 amide bonds. The summed E-state index contributed by atoms with van der Waals surface area (Å²) in [4.78, 5) is 4.74. The maximum absolute atomic E-state index is 6.35. The van der Waals surface area contributed by atoms with Crippen LogP contribution in [0.25, 0.3) is 11.0 Å². The third-order valence-corrected chi connectivity index (χ3v) is 4.64. The number of alkyl halides is 1. The first-order chi connectivity index (χ1) is 10.0. The Labute approximate surface area is 141 Å². The average molecular weight is 372 g/mol. The molecule has 0 bridgehead atoms. The van der Waals surface area contributed by atoms with Crippen LogP contribution in [-0.2, 0) is 0 Å². The van der Waals surface area contributed by atoms with Gasteiger partial charge >= 0.3 is 0 Å². The highest BCUT2D eigenvalue weighted by molar-refractivity contribution is 9.10. The molecule has 0 aliphatic rings. The van der Waals surface area contributed by atoms with Crippen molar-refractivity contribution in [2.75, 3.05) is 0 Å². The Morgan fingerprint density at radius 3 is 2.67 bits per heavy atom. The minimum absolute atomic E-state index is 0.0748. The summed E-state index contributed by atoms with van der Waals surface area (Å²) in [5, 5.41) is -0.0748. The normalized spacial score (nSPS) is 14.5. The summed E-state index contributed by atoms with van der Waals surface area (Å²) in [5.41, 5.74) is 2.20. The molecule has 2 nitrogen and oxygen atoms in total. The van der Waals surface area contributed by atoms with Gasteiger partial charge in [0.05, 0.1) is 16.4 Å². The Morgan fingerprint density at radius 1 is 1.24 bits per heavy atom. The van der Waals surface area contributed by atoms with Crippen molar-refractivity contribution in [3.8, 4) is 0 Å². The number of imidazole rings is 1. The number of unbranched alkanes of at least 4 members (excludes halogenated alkanes) is 3. The van der Waals surface area contributed by atoms with Crippen LogP contribution in [0.4, 0.5) is 0 Å². The van der Waals surface area contributed by atoms with Crippen molar-refractivity contribution in [2.45, 2.75) is 64.3 Å². The fourth-order valence-electron chi connectivity index (χ4n) is 2.83. The zero-order valence-corrected chi connectivity index (χ0v) is 15.4. The predicted octanol–water partition coefficient (Wildman–Crippen LogP) is 6.63. The van der Waals surface area contributed by atoms with Gasteiger partial charge in [-0.25, -0.2) is 4.98 Å². The lowest BCUT2D eigenvalue weighted by molar-refractivity contribution is 0.468. The molecule has 1 heterocycles. The first kappa shape index (κ1) is 16.8. The number of rotatable bonds is 7. The van der Waals surface area contributed by atoms with Crippen molar-refractivity contribution in [1.29, 1.82) is 0 Å². The summed E-state index contributed by atoms with van der Waals surface area (Å²) >= 11 is 9.87. The maximum Gasteiger partial charge on any atom is 0.127 e. The van der Waals surface area contributed by atoms with Gasteiger partial charge in [0.15, 0.2) is 0 Å². The van der Waals surface area contributed by atoms with E-state index in [1.807, 2.05) is 6.92 Å². The monoisotopic (exact) mass is 370 g/mol. The van der Waals surface area contributed by atoms with Crippen LogP contribution in [0.3, 0.4) is 0 Å². The van der Waals surface area contributed by atoms with Gasteiger partial charge in [-0.15, -0.1) is 11.6 Å². The molecular formula is C17H24BrClN2. The Balaban J connectivity index is 2.29. The minimum atomic E-state index is -0.0748. The molecule has 2 unspecified atom stereocenters. The highest BCUT2D eigenvalue weighted by Gasteiger charge is 2.18. The maximum atomic E-state index is 6.35. The van der Waals surface area contributed by atoms with E-state index >= 15 is 0 Å². The van der Waals surface area contributed by atoms with E-state index in [-0.39, 0.29) is 5.38 Å². The van der Waals surface area contributed by atoms with E-state index in [9.17, 15) is 0 Å². The van der Waals surface area contributed by atoms with E-state index < -0.39 is 0 Å². The highest BCUT2D eigenvalue weighted by Crippen LogP contribution is 2.31. The van der Waals surface area contributed by atoms with Gasteiger partial charge in [0.1, 0.15) is 5.82 Å². The topological polar surface area (TPSA) is 17.8 Å². The quantitative estimate of drug-likeness (QED) is 0.394. The van der Waals surface area contributed by atoms with Crippen molar-refractivity contribution in [3.05, 3.63) is 28.5 Å². The first-order valence-corrected chi connectivity index (χ1v) is 9.09. The molecule has 0 saturated carbocycles. The molecule has 1 aromatic carbocycles. The van der Waals surface area contributed by atoms with E-state index in [4.69, 9.17) is 16.6 Å². The second kappa shape index (κ2) is 7.64. The smallest absolute Gasteiger partial charge is 0.127 e. The predicted molar refractivity (Wildman–Crippen MR) is 95.2 cm³/mol. The van der Waals surface area contributed by atoms with Gasteiger partial charge in [-0.2, -0.15) is 0 Å². The first-order valence-electron chi connectivity index (χ1n) is 7.86. The van der Waals surface area contributed by atoms with Crippen LogP contribution < -0.4 is 0 Å². The second-order valence-electron chi connectivity index (χ2n) is 5.79. The minimum Gasteiger partial charge on any atom is -0.324 e. The Kier molecular flexibility index (Phi) is 6.12. The number of hydrogen-bond acceptors (Lipinski definition) is 1. The van der Waals surface area contributed by atoms with Crippen molar-refractivity contribution < 1.29 is 0 Å². The molecule has 1 aromatic heterocycles. The summed E-state index contributed by atoms with van der Waals surface area (Å²) in [5.74, 6) is 0.979. The van der Waals surface area contributed by atoms with E-state index in [0.29, 0.717) is 6.04 Å². The fourth-order valence-corrected chi connectivity index (χ4v) is 3.33. The Morgan fingerprint density at radius 2 is 2.00 bits per heavy atom. The number of aromatic nitrogens is 2.